The Morgan fingerprint density at radius 2 is 1.96 bits per heavy atom. The maximum atomic E-state index is 12.1. The van der Waals surface area contributed by atoms with Gasteiger partial charge < -0.3 is 9.64 Å². The first-order valence-electron chi connectivity index (χ1n) is 7.81. The van der Waals surface area contributed by atoms with Crippen LogP contribution in [0.15, 0.2) is 52.5 Å². The van der Waals surface area contributed by atoms with Crippen LogP contribution in [0.5, 0.6) is 5.75 Å². The van der Waals surface area contributed by atoms with Crippen molar-refractivity contribution in [2.45, 2.75) is 6.61 Å². The Labute approximate surface area is 164 Å². The van der Waals surface area contributed by atoms with Gasteiger partial charge in [0.15, 0.2) is 0 Å². The highest BCUT2D eigenvalue weighted by Gasteiger charge is 2.13. The Bertz CT molecular complexity index is 931. The molecule has 8 heteroatoms. The number of rotatable bonds is 6. The summed E-state index contributed by atoms with van der Waals surface area (Å²) in [5.74, 6) is 0.0784. The molecule has 0 heterocycles. The molecule has 2 aromatic rings. The minimum absolute atomic E-state index is 0.00636. The molecule has 0 saturated heterocycles. The van der Waals surface area contributed by atoms with Gasteiger partial charge in [-0.3, -0.25) is 14.9 Å². The molecule has 2 aromatic carbocycles. The molecule has 0 aromatic heterocycles. The average molecular weight is 430 g/mol. The number of hydrogen-bond acceptors (Lipinski definition) is 5. The second-order valence-electron chi connectivity index (χ2n) is 5.76. The molecule has 138 valence electrons. The van der Waals surface area contributed by atoms with E-state index in [1.165, 1.54) is 23.1 Å². The zero-order chi connectivity index (χ0) is 20.0. The smallest absolute Gasteiger partial charge is 0.269 e. The van der Waals surface area contributed by atoms with E-state index < -0.39 is 10.8 Å². The fraction of sp³-hybridized carbons (Fsp3) is 0.158. The van der Waals surface area contributed by atoms with Crippen LogP contribution in [0.4, 0.5) is 5.69 Å². The number of benzene rings is 2. The fourth-order valence-electron chi connectivity index (χ4n) is 2.18. The number of likely N-dealkylation sites (N-methyl/N-ethyl adjacent to an activating group) is 1. The highest BCUT2D eigenvalue weighted by Crippen LogP contribution is 2.27. The van der Waals surface area contributed by atoms with Crippen LogP contribution in [0.25, 0.3) is 6.08 Å². The van der Waals surface area contributed by atoms with Crippen LogP contribution in [0.2, 0.25) is 0 Å². The van der Waals surface area contributed by atoms with E-state index in [1.54, 1.807) is 44.4 Å². The van der Waals surface area contributed by atoms with Crippen LogP contribution in [0.3, 0.4) is 0 Å². The van der Waals surface area contributed by atoms with Gasteiger partial charge in [-0.05, 0) is 42.0 Å². The van der Waals surface area contributed by atoms with Gasteiger partial charge >= 0.3 is 0 Å². The second-order valence-corrected chi connectivity index (χ2v) is 6.68. The molecule has 0 atom stereocenters. The molecule has 0 bridgehead atoms. The third kappa shape index (κ3) is 5.39. The summed E-state index contributed by atoms with van der Waals surface area (Å²) in [6.45, 7) is 0.185. The molecule has 0 saturated carbocycles. The number of ether oxygens (including phenoxy) is 1. The number of nitro groups is 1. The lowest BCUT2D eigenvalue weighted by molar-refractivity contribution is -0.384. The number of carbonyl (C=O) groups is 1. The molecular weight excluding hydrogens is 414 g/mol. The third-order valence-electron chi connectivity index (χ3n) is 3.57. The highest BCUT2D eigenvalue weighted by atomic mass is 79.9. The standard InChI is InChI=1S/C19H16BrN3O4/c1-22(2)19(24)15(11-21)9-14-10-16(20)5-8-18(14)27-12-13-3-6-17(7-4-13)23(25)26/h3-10H,12H2,1-2H3/b15-9-. The summed E-state index contributed by atoms with van der Waals surface area (Å²) in [6.07, 6.45) is 1.47. The van der Waals surface area contributed by atoms with Gasteiger partial charge in [0.25, 0.3) is 11.6 Å². The van der Waals surface area contributed by atoms with Gasteiger partial charge in [0.2, 0.25) is 0 Å². The average Bonchev–Trinajstić information content (AvgIpc) is 2.65. The predicted octanol–water partition coefficient (Wildman–Crippen LogP) is 3.93. The molecule has 0 N–H and O–H groups in total. The van der Waals surface area contributed by atoms with Crippen LogP contribution >= 0.6 is 15.9 Å². The first-order chi connectivity index (χ1) is 12.8. The van der Waals surface area contributed by atoms with Gasteiger partial charge in [-0.1, -0.05) is 15.9 Å². The monoisotopic (exact) mass is 429 g/mol. The number of non-ortho nitro benzene ring substituents is 1. The molecule has 2 rings (SSSR count). The first-order valence-corrected chi connectivity index (χ1v) is 8.60. The lowest BCUT2D eigenvalue weighted by Gasteiger charge is -2.12. The predicted molar refractivity (Wildman–Crippen MR) is 104 cm³/mol. The Hall–Kier alpha value is -3.18. The SMILES string of the molecule is CN(C)C(=O)/C(C#N)=C\c1cc(Br)ccc1OCc1ccc([N+](=O)[O-])cc1. The number of carbonyl (C=O) groups excluding carboxylic acids is 1. The van der Waals surface area contributed by atoms with Crippen molar-refractivity contribution < 1.29 is 14.5 Å². The van der Waals surface area contributed by atoms with Crippen LogP contribution in [-0.4, -0.2) is 29.8 Å². The van der Waals surface area contributed by atoms with Gasteiger partial charge in [0.1, 0.15) is 24.0 Å². The summed E-state index contributed by atoms with van der Waals surface area (Å²) in [7, 11) is 3.14. The topological polar surface area (TPSA) is 96.5 Å². The summed E-state index contributed by atoms with van der Waals surface area (Å²) in [5.41, 5.74) is 1.31. The molecule has 27 heavy (non-hydrogen) atoms. The summed E-state index contributed by atoms with van der Waals surface area (Å²) in [6, 6.07) is 13.2. The molecule has 1 amide bonds. The van der Waals surface area contributed by atoms with Crippen LogP contribution < -0.4 is 4.74 Å². The molecule has 0 spiro atoms. The van der Waals surface area contributed by atoms with Crippen molar-refractivity contribution in [1.29, 1.82) is 5.26 Å². The van der Waals surface area contributed by atoms with Crippen LogP contribution in [0, 0.1) is 21.4 Å². The molecule has 0 fully saturated rings. The Kier molecular flexibility index (Phi) is 6.68. The fourth-order valence-corrected chi connectivity index (χ4v) is 2.56. The quantitative estimate of drug-likeness (QED) is 0.300. The van der Waals surface area contributed by atoms with Gasteiger partial charge in [-0.25, -0.2) is 0 Å². The number of nitro benzene ring substituents is 1. The normalized spacial score (nSPS) is 10.8. The molecule has 7 nitrogen and oxygen atoms in total. The van der Waals surface area contributed by atoms with Crippen molar-refractivity contribution in [3.63, 3.8) is 0 Å². The number of amides is 1. The van der Waals surface area contributed by atoms with E-state index in [-0.39, 0.29) is 17.9 Å². The Morgan fingerprint density at radius 1 is 1.30 bits per heavy atom. The number of hydrogen-bond donors (Lipinski definition) is 0. The van der Waals surface area contributed by atoms with E-state index in [4.69, 9.17) is 4.74 Å². The summed E-state index contributed by atoms with van der Waals surface area (Å²) in [5, 5.41) is 20.0. The zero-order valence-corrected chi connectivity index (χ0v) is 16.3. The van der Waals surface area contributed by atoms with E-state index in [2.05, 4.69) is 15.9 Å². The number of nitrogens with zero attached hydrogens (tertiary/aromatic N) is 3. The summed E-state index contributed by atoms with van der Waals surface area (Å²) in [4.78, 5) is 23.6. The van der Waals surface area contributed by atoms with Crippen molar-refractivity contribution in [2.24, 2.45) is 0 Å². The van der Waals surface area contributed by atoms with Crippen molar-refractivity contribution >= 4 is 33.6 Å². The lowest BCUT2D eigenvalue weighted by atomic mass is 10.1. The van der Waals surface area contributed by atoms with Crippen molar-refractivity contribution in [3.05, 3.63) is 73.8 Å². The molecule has 0 aliphatic heterocycles. The molecule has 0 unspecified atom stereocenters. The van der Waals surface area contributed by atoms with E-state index in [9.17, 15) is 20.2 Å². The van der Waals surface area contributed by atoms with Gasteiger partial charge in [-0.15, -0.1) is 0 Å². The summed E-state index contributed by atoms with van der Waals surface area (Å²) >= 11 is 3.36. The minimum atomic E-state index is -0.465. The largest absolute Gasteiger partial charge is 0.488 e. The number of nitriles is 1. The van der Waals surface area contributed by atoms with E-state index in [1.807, 2.05) is 6.07 Å². The van der Waals surface area contributed by atoms with Crippen LogP contribution in [-0.2, 0) is 11.4 Å². The highest BCUT2D eigenvalue weighted by molar-refractivity contribution is 9.10. The summed E-state index contributed by atoms with van der Waals surface area (Å²) < 4.78 is 6.56. The van der Waals surface area contributed by atoms with Gasteiger partial charge in [-0.2, -0.15) is 5.26 Å². The Balaban J connectivity index is 2.26. The van der Waals surface area contributed by atoms with Crippen molar-refractivity contribution in [2.75, 3.05) is 14.1 Å². The first kappa shape index (κ1) is 20.1. The maximum absolute atomic E-state index is 12.1. The molecular formula is C19H16BrN3O4. The third-order valence-corrected chi connectivity index (χ3v) is 4.06. The van der Waals surface area contributed by atoms with E-state index in [0.29, 0.717) is 11.3 Å². The molecule has 0 radical (unpaired) electrons. The zero-order valence-electron chi connectivity index (χ0n) is 14.7. The van der Waals surface area contributed by atoms with E-state index in [0.717, 1.165) is 10.0 Å². The van der Waals surface area contributed by atoms with Crippen molar-refractivity contribution in [1.82, 2.24) is 4.90 Å². The Morgan fingerprint density at radius 3 is 2.52 bits per heavy atom. The van der Waals surface area contributed by atoms with Gasteiger partial charge in [0.05, 0.1) is 4.92 Å². The van der Waals surface area contributed by atoms with Gasteiger partial charge in [0, 0.05) is 36.3 Å². The number of halogens is 1. The minimum Gasteiger partial charge on any atom is -0.488 e. The molecule has 0 aliphatic rings. The van der Waals surface area contributed by atoms with Crippen LogP contribution in [0.1, 0.15) is 11.1 Å². The second kappa shape index (κ2) is 8.96. The lowest BCUT2D eigenvalue weighted by Crippen LogP contribution is -2.22. The van der Waals surface area contributed by atoms with Crippen molar-refractivity contribution in [3.8, 4) is 11.8 Å². The maximum Gasteiger partial charge on any atom is 0.269 e. The molecule has 0 aliphatic carbocycles. The van der Waals surface area contributed by atoms with E-state index >= 15 is 0 Å².